The molecule has 0 radical (unpaired) electrons. The Bertz CT molecular complexity index is 965. The third kappa shape index (κ3) is 2.23. The number of imidazole rings is 2. The number of aromatic nitrogens is 6. The number of anilines is 1. The molecular weight excluding hydrogens is 334 g/mol. The van der Waals surface area contributed by atoms with Crippen LogP contribution in [0.4, 0.5) is 5.95 Å². The molecule has 0 amide bonds. The van der Waals surface area contributed by atoms with Gasteiger partial charge in [-0.1, -0.05) is 0 Å². The van der Waals surface area contributed by atoms with Gasteiger partial charge in [-0.25, -0.2) is 14.6 Å². The number of hydrogen-bond donors (Lipinski definition) is 4. The zero-order valence-electron chi connectivity index (χ0n) is 12.7. The zero-order chi connectivity index (χ0) is 17.7. The zero-order valence-corrected chi connectivity index (χ0v) is 12.7. The van der Waals surface area contributed by atoms with Crippen molar-refractivity contribution in [2.24, 2.45) is 0 Å². The first-order valence-electron chi connectivity index (χ1n) is 7.39. The van der Waals surface area contributed by atoms with Gasteiger partial charge in [0, 0.05) is 12.4 Å². The van der Waals surface area contributed by atoms with E-state index < -0.39 is 36.7 Å². The summed E-state index contributed by atoms with van der Waals surface area (Å²) in [5.41, 5.74) is 5.45. The van der Waals surface area contributed by atoms with Gasteiger partial charge in [-0.3, -0.25) is 9.36 Å². The van der Waals surface area contributed by atoms with E-state index in [1.165, 1.54) is 34.3 Å². The van der Waals surface area contributed by atoms with Crippen molar-refractivity contribution in [1.29, 1.82) is 0 Å². The second-order valence-corrected chi connectivity index (χ2v) is 5.58. The van der Waals surface area contributed by atoms with Crippen LogP contribution in [0.25, 0.3) is 11.2 Å². The lowest BCUT2D eigenvalue weighted by Gasteiger charge is -2.17. The van der Waals surface area contributed by atoms with E-state index in [2.05, 4.69) is 15.0 Å². The highest BCUT2D eigenvalue weighted by Gasteiger charge is 2.44. The van der Waals surface area contributed by atoms with E-state index in [-0.39, 0.29) is 17.1 Å². The van der Waals surface area contributed by atoms with Crippen molar-refractivity contribution in [2.75, 3.05) is 12.3 Å². The van der Waals surface area contributed by atoms with Gasteiger partial charge in [0.15, 0.2) is 17.4 Å². The van der Waals surface area contributed by atoms with E-state index in [1.54, 1.807) is 0 Å². The predicted octanol–water partition coefficient (Wildman–Crippen LogP) is -2.71. The van der Waals surface area contributed by atoms with Crippen molar-refractivity contribution in [3.05, 3.63) is 35.4 Å². The molecule has 0 aliphatic carbocycles. The molecule has 5 N–H and O–H groups in total. The second-order valence-electron chi connectivity index (χ2n) is 5.58. The van der Waals surface area contributed by atoms with Crippen LogP contribution in [0.1, 0.15) is 6.23 Å². The molecule has 1 aliphatic heterocycles. The fraction of sp³-hybridized carbons (Fsp3) is 0.385. The minimum Gasteiger partial charge on any atom is -0.394 e. The molecule has 0 saturated carbocycles. The van der Waals surface area contributed by atoms with Crippen molar-refractivity contribution < 1.29 is 20.1 Å². The number of ether oxygens (including phenoxy) is 1. The molecule has 0 unspecified atom stereocenters. The van der Waals surface area contributed by atoms with Gasteiger partial charge in [-0.05, 0) is 0 Å². The quantitative estimate of drug-likeness (QED) is 0.393. The van der Waals surface area contributed by atoms with Gasteiger partial charge in [-0.15, -0.1) is 0 Å². The highest BCUT2D eigenvalue weighted by molar-refractivity contribution is 5.71. The summed E-state index contributed by atoms with van der Waals surface area (Å²) in [5.74, 6) is -0.121. The lowest BCUT2D eigenvalue weighted by Crippen LogP contribution is -2.33. The maximum atomic E-state index is 12.7. The third-order valence-electron chi connectivity index (χ3n) is 4.11. The summed E-state index contributed by atoms with van der Waals surface area (Å²) in [7, 11) is 0. The number of nitrogens with zero attached hydrogens (tertiary/aromatic N) is 6. The Labute approximate surface area is 139 Å². The molecule has 1 saturated heterocycles. The lowest BCUT2D eigenvalue weighted by atomic mass is 10.1. The standard InChI is InChI=1S/C13H15N7O5/c14-13-17-10-7(11(24)20(13)18-2-1-15-4-18)16-5-19(10)12-9(23)8(22)6(3-21)25-12/h1-2,4-6,8-9,12,21-23H,3H2,(H2,14,17)/t6-,8-,9-,12-/m1/s1. The number of nitrogens with two attached hydrogens (primary N) is 1. The summed E-state index contributed by atoms with van der Waals surface area (Å²) in [6.45, 7) is -0.468. The molecule has 4 rings (SSSR count). The second kappa shape index (κ2) is 5.63. The maximum Gasteiger partial charge on any atom is 0.302 e. The van der Waals surface area contributed by atoms with Crippen molar-refractivity contribution >= 4 is 17.1 Å². The minimum absolute atomic E-state index is 0.000591. The van der Waals surface area contributed by atoms with Gasteiger partial charge in [0.1, 0.15) is 24.6 Å². The Balaban J connectivity index is 1.85. The molecule has 25 heavy (non-hydrogen) atoms. The van der Waals surface area contributed by atoms with E-state index in [9.17, 15) is 20.1 Å². The molecule has 12 heteroatoms. The predicted molar refractivity (Wildman–Crippen MR) is 82.2 cm³/mol. The Hall–Kier alpha value is -2.80. The first-order chi connectivity index (χ1) is 12.0. The van der Waals surface area contributed by atoms with Crippen LogP contribution in [-0.2, 0) is 4.74 Å². The lowest BCUT2D eigenvalue weighted by molar-refractivity contribution is -0.0511. The summed E-state index contributed by atoms with van der Waals surface area (Å²) in [6.07, 6.45) is 1.02. The van der Waals surface area contributed by atoms with Crippen LogP contribution in [0.3, 0.4) is 0 Å². The monoisotopic (exact) mass is 349 g/mol. The molecular formula is C13H15N7O5. The highest BCUT2D eigenvalue weighted by Crippen LogP contribution is 2.30. The minimum atomic E-state index is -1.33. The van der Waals surface area contributed by atoms with E-state index in [0.717, 1.165) is 4.68 Å². The van der Waals surface area contributed by atoms with Gasteiger partial charge in [0.05, 0.1) is 12.9 Å². The Morgan fingerprint density at radius 1 is 1.28 bits per heavy atom. The van der Waals surface area contributed by atoms with Crippen LogP contribution in [0.5, 0.6) is 0 Å². The first kappa shape index (κ1) is 15.7. The molecule has 0 aromatic carbocycles. The molecule has 3 aromatic rings. The molecule has 1 aliphatic rings. The van der Waals surface area contributed by atoms with Crippen LogP contribution < -0.4 is 11.3 Å². The van der Waals surface area contributed by atoms with Crippen LogP contribution in [-0.4, -0.2) is 69.1 Å². The smallest absolute Gasteiger partial charge is 0.302 e. The summed E-state index contributed by atoms with van der Waals surface area (Å²) >= 11 is 0. The fourth-order valence-corrected chi connectivity index (χ4v) is 2.87. The summed E-state index contributed by atoms with van der Waals surface area (Å²) < 4.78 is 9.18. The van der Waals surface area contributed by atoms with Crippen molar-refractivity contribution in [1.82, 2.24) is 28.9 Å². The average Bonchev–Trinajstić information content (AvgIpc) is 3.30. The Morgan fingerprint density at radius 2 is 2.08 bits per heavy atom. The van der Waals surface area contributed by atoms with Crippen LogP contribution in [0.15, 0.2) is 29.8 Å². The van der Waals surface area contributed by atoms with Gasteiger partial charge in [0.25, 0.3) is 0 Å². The number of aliphatic hydroxyl groups excluding tert-OH is 3. The SMILES string of the molecule is Nc1nc2c(ncn2[C@@H]2O[C@H](CO)[C@@H](O)[C@H]2O)c(=O)n1-n1ccnc1. The number of hydrogen-bond acceptors (Lipinski definition) is 9. The summed E-state index contributed by atoms with van der Waals surface area (Å²) in [4.78, 5) is 24.7. The van der Waals surface area contributed by atoms with E-state index in [0.29, 0.717) is 0 Å². The topological polar surface area (TPSA) is 166 Å². The molecule has 4 atom stereocenters. The summed E-state index contributed by atoms with van der Waals surface area (Å²) in [5, 5.41) is 29.2. The van der Waals surface area contributed by atoms with Crippen molar-refractivity contribution in [3.8, 4) is 0 Å². The fourth-order valence-electron chi connectivity index (χ4n) is 2.87. The number of fused-ring (bicyclic) bond motifs is 1. The van der Waals surface area contributed by atoms with Gasteiger partial charge in [-0.2, -0.15) is 9.66 Å². The van der Waals surface area contributed by atoms with Gasteiger partial charge < -0.3 is 25.8 Å². The van der Waals surface area contributed by atoms with E-state index in [1.807, 2.05) is 0 Å². The molecule has 4 heterocycles. The largest absolute Gasteiger partial charge is 0.394 e. The number of nitrogen functional groups attached to an aromatic ring is 1. The average molecular weight is 349 g/mol. The Kier molecular flexibility index (Phi) is 3.54. The molecule has 12 nitrogen and oxygen atoms in total. The summed E-state index contributed by atoms with van der Waals surface area (Å²) in [6, 6.07) is 0. The highest BCUT2D eigenvalue weighted by atomic mass is 16.6. The van der Waals surface area contributed by atoms with Crippen LogP contribution in [0, 0.1) is 0 Å². The number of rotatable bonds is 3. The van der Waals surface area contributed by atoms with Crippen molar-refractivity contribution in [3.63, 3.8) is 0 Å². The molecule has 0 spiro atoms. The normalized spacial score (nSPS) is 26.5. The maximum absolute atomic E-state index is 12.7. The van der Waals surface area contributed by atoms with E-state index >= 15 is 0 Å². The molecule has 132 valence electrons. The van der Waals surface area contributed by atoms with Gasteiger partial charge >= 0.3 is 5.56 Å². The first-order valence-corrected chi connectivity index (χ1v) is 7.39. The van der Waals surface area contributed by atoms with Gasteiger partial charge in [0.2, 0.25) is 5.95 Å². The number of aliphatic hydroxyl groups is 3. The Morgan fingerprint density at radius 3 is 2.72 bits per heavy atom. The molecule has 1 fully saturated rings. The third-order valence-corrected chi connectivity index (χ3v) is 4.11. The van der Waals surface area contributed by atoms with Crippen LogP contribution in [0.2, 0.25) is 0 Å². The van der Waals surface area contributed by atoms with E-state index in [4.69, 9.17) is 10.5 Å². The van der Waals surface area contributed by atoms with Crippen molar-refractivity contribution in [2.45, 2.75) is 24.5 Å². The molecule has 3 aromatic heterocycles. The molecule has 0 bridgehead atoms. The van der Waals surface area contributed by atoms with Crippen LogP contribution >= 0.6 is 0 Å².